The monoisotopic (exact) mass is 227 g/mol. The fourth-order valence-electron chi connectivity index (χ4n) is 3.06. The van der Waals surface area contributed by atoms with Gasteiger partial charge in [0.1, 0.15) is 0 Å². The Balaban J connectivity index is 1.59. The second-order valence-electron chi connectivity index (χ2n) is 5.38. The average molecular weight is 227 g/mol. The number of hydrogen-bond donors (Lipinski definition) is 2. The van der Waals surface area contributed by atoms with Crippen molar-refractivity contribution in [2.45, 2.75) is 32.1 Å². The van der Waals surface area contributed by atoms with Crippen molar-refractivity contribution in [3.63, 3.8) is 0 Å². The van der Waals surface area contributed by atoms with Crippen LogP contribution in [0.4, 0.5) is 0 Å². The molecule has 3 heteroatoms. The fraction of sp³-hybridized carbons (Fsp3) is 1.00. The zero-order chi connectivity index (χ0) is 11.2. The van der Waals surface area contributed by atoms with E-state index in [1.807, 2.05) is 0 Å². The van der Waals surface area contributed by atoms with Crippen molar-refractivity contribution in [1.82, 2.24) is 5.32 Å². The van der Waals surface area contributed by atoms with Crippen molar-refractivity contribution < 1.29 is 9.84 Å². The van der Waals surface area contributed by atoms with E-state index in [1.165, 1.54) is 32.1 Å². The first kappa shape index (κ1) is 12.3. The van der Waals surface area contributed by atoms with Crippen LogP contribution in [-0.2, 0) is 4.74 Å². The molecular weight excluding hydrogens is 202 g/mol. The Kier molecular flexibility index (Phi) is 5.07. The van der Waals surface area contributed by atoms with Crippen LogP contribution in [0.1, 0.15) is 32.1 Å². The van der Waals surface area contributed by atoms with Gasteiger partial charge in [-0.1, -0.05) is 6.42 Å². The molecule has 2 N–H and O–H groups in total. The molecule has 0 bridgehead atoms. The van der Waals surface area contributed by atoms with Crippen molar-refractivity contribution in [1.29, 1.82) is 0 Å². The first-order valence-corrected chi connectivity index (χ1v) is 6.79. The maximum atomic E-state index is 9.24. The van der Waals surface area contributed by atoms with Gasteiger partial charge >= 0.3 is 0 Å². The maximum absolute atomic E-state index is 9.24. The normalized spacial score (nSPS) is 35.4. The van der Waals surface area contributed by atoms with Gasteiger partial charge in [-0.2, -0.15) is 0 Å². The lowest BCUT2D eigenvalue weighted by Crippen LogP contribution is -2.33. The smallest absolute Gasteiger partial charge is 0.0506 e. The molecule has 0 aromatic rings. The molecule has 1 aliphatic carbocycles. The highest BCUT2D eigenvalue weighted by Gasteiger charge is 2.26. The molecule has 0 aromatic carbocycles. The zero-order valence-electron chi connectivity index (χ0n) is 10.2. The molecule has 3 nitrogen and oxygen atoms in total. The van der Waals surface area contributed by atoms with E-state index in [-0.39, 0.29) is 0 Å². The summed E-state index contributed by atoms with van der Waals surface area (Å²) < 4.78 is 5.47. The first-order valence-electron chi connectivity index (χ1n) is 6.79. The van der Waals surface area contributed by atoms with Gasteiger partial charge in [-0.05, 0) is 50.0 Å². The minimum Gasteiger partial charge on any atom is -0.396 e. The highest BCUT2D eigenvalue weighted by Crippen LogP contribution is 2.30. The summed E-state index contributed by atoms with van der Waals surface area (Å²) in [5.74, 6) is 1.97. The van der Waals surface area contributed by atoms with Gasteiger partial charge in [-0.25, -0.2) is 0 Å². The molecule has 1 heterocycles. The van der Waals surface area contributed by atoms with Crippen LogP contribution in [-0.4, -0.2) is 38.0 Å². The summed E-state index contributed by atoms with van der Waals surface area (Å²) in [6, 6.07) is 0. The Morgan fingerprint density at radius 3 is 2.69 bits per heavy atom. The largest absolute Gasteiger partial charge is 0.396 e. The molecule has 3 unspecified atom stereocenters. The van der Waals surface area contributed by atoms with Gasteiger partial charge < -0.3 is 15.2 Å². The quantitative estimate of drug-likeness (QED) is 0.746. The predicted octanol–water partition coefficient (Wildman–Crippen LogP) is 1.41. The lowest BCUT2D eigenvalue weighted by Gasteiger charge is -2.24. The summed E-state index contributed by atoms with van der Waals surface area (Å²) in [6.45, 7) is 4.43. The van der Waals surface area contributed by atoms with Crippen molar-refractivity contribution in [2.75, 3.05) is 32.9 Å². The summed E-state index contributed by atoms with van der Waals surface area (Å²) in [5.41, 5.74) is 0. The molecule has 94 valence electrons. The third-order valence-electron chi connectivity index (χ3n) is 4.15. The van der Waals surface area contributed by atoms with E-state index >= 15 is 0 Å². The van der Waals surface area contributed by atoms with Crippen molar-refractivity contribution in [3.05, 3.63) is 0 Å². The summed E-state index contributed by atoms with van der Waals surface area (Å²) in [7, 11) is 0. The van der Waals surface area contributed by atoms with Gasteiger partial charge in [-0.15, -0.1) is 0 Å². The topological polar surface area (TPSA) is 41.5 Å². The maximum Gasteiger partial charge on any atom is 0.0506 e. The Bertz CT molecular complexity index is 192. The third kappa shape index (κ3) is 3.44. The Morgan fingerprint density at radius 2 is 1.94 bits per heavy atom. The molecule has 3 atom stereocenters. The summed E-state index contributed by atoms with van der Waals surface area (Å²) >= 11 is 0. The third-order valence-corrected chi connectivity index (χ3v) is 4.15. The molecule has 1 saturated carbocycles. The Labute approximate surface area is 98.6 Å². The van der Waals surface area contributed by atoms with Crippen LogP contribution in [0.25, 0.3) is 0 Å². The lowest BCUT2D eigenvalue weighted by molar-refractivity contribution is 0.0541. The second-order valence-corrected chi connectivity index (χ2v) is 5.38. The van der Waals surface area contributed by atoms with Crippen molar-refractivity contribution >= 4 is 0 Å². The molecule has 1 saturated heterocycles. The van der Waals surface area contributed by atoms with Gasteiger partial charge in [0.05, 0.1) is 6.61 Å². The van der Waals surface area contributed by atoms with E-state index in [9.17, 15) is 5.11 Å². The van der Waals surface area contributed by atoms with Crippen LogP contribution in [0.5, 0.6) is 0 Å². The second kappa shape index (κ2) is 6.58. The number of ether oxygens (including phenoxy) is 1. The lowest BCUT2D eigenvalue weighted by atomic mass is 9.96. The van der Waals surface area contributed by atoms with Crippen LogP contribution >= 0.6 is 0 Å². The van der Waals surface area contributed by atoms with Crippen molar-refractivity contribution in [2.24, 2.45) is 17.8 Å². The van der Waals surface area contributed by atoms with Crippen LogP contribution in [0, 0.1) is 17.8 Å². The minimum atomic E-state index is 0.374. The Hall–Kier alpha value is -0.120. The average Bonchev–Trinajstić information content (AvgIpc) is 2.78. The van der Waals surface area contributed by atoms with Gasteiger partial charge in [0.25, 0.3) is 0 Å². The number of aliphatic hydroxyl groups is 1. The molecule has 0 aromatic heterocycles. The summed E-state index contributed by atoms with van der Waals surface area (Å²) in [4.78, 5) is 0. The molecule has 16 heavy (non-hydrogen) atoms. The predicted molar refractivity (Wildman–Crippen MR) is 64.3 cm³/mol. The van der Waals surface area contributed by atoms with E-state index in [2.05, 4.69) is 5.32 Å². The number of aliphatic hydroxyl groups excluding tert-OH is 1. The number of rotatable bonds is 5. The van der Waals surface area contributed by atoms with E-state index in [1.54, 1.807) is 0 Å². The van der Waals surface area contributed by atoms with Crippen molar-refractivity contribution in [3.8, 4) is 0 Å². The zero-order valence-corrected chi connectivity index (χ0v) is 10.2. The van der Waals surface area contributed by atoms with Crippen LogP contribution in [0.3, 0.4) is 0 Å². The van der Waals surface area contributed by atoms with Gasteiger partial charge in [0, 0.05) is 19.8 Å². The highest BCUT2D eigenvalue weighted by atomic mass is 16.5. The van der Waals surface area contributed by atoms with E-state index in [4.69, 9.17) is 4.74 Å². The molecule has 2 fully saturated rings. The SMILES string of the molecule is OCC1CCCC1CNCC1CCCOC1. The van der Waals surface area contributed by atoms with Crippen LogP contribution in [0.15, 0.2) is 0 Å². The number of nitrogens with one attached hydrogen (secondary N) is 1. The fourth-order valence-corrected chi connectivity index (χ4v) is 3.06. The van der Waals surface area contributed by atoms with Gasteiger partial charge in [0.2, 0.25) is 0 Å². The Morgan fingerprint density at radius 1 is 1.06 bits per heavy atom. The van der Waals surface area contributed by atoms with Crippen LogP contribution < -0.4 is 5.32 Å². The minimum absolute atomic E-state index is 0.374. The molecule has 0 spiro atoms. The van der Waals surface area contributed by atoms with Gasteiger partial charge in [0.15, 0.2) is 0 Å². The first-order chi connectivity index (χ1) is 7.90. The summed E-state index contributed by atoms with van der Waals surface area (Å²) in [6.07, 6.45) is 6.33. The highest BCUT2D eigenvalue weighted by molar-refractivity contribution is 4.79. The standard InChI is InChI=1S/C13H25NO2/c15-9-13-5-1-4-12(13)8-14-7-11-3-2-6-16-10-11/h11-15H,1-10H2. The number of hydrogen-bond acceptors (Lipinski definition) is 3. The van der Waals surface area contributed by atoms with E-state index < -0.39 is 0 Å². The molecular formula is C13H25NO2. The molecule has 0 amide bonds. The molecule has 0 radical (unpaired) electrons. The van der Waals surface area contributed by atoms with E-state index in [0.29, 0.717) is 24.4 Å². The van der Waals surface area contributed by atoms with Crippen LogP contribution in [0.2, 0.25) is 0 Å². The summed E-state index contributed by atoms with van der Waals surface area (Å²) in [5, 5.41) is 12.8. The molecule has 2 aliphatic rings. The van der Waals surface area contributed by atoms with E-state index in [0.717, 1.165) is 26.3 Å². The molecule has 2 rings (SSSR count). The molecule has 1 aliphatic heterocycles. The van der Waals surface area contributed by atoms with Gasteiger partial charge in [-0.3, -0.25) is 0 Å².